The van der Waals surface area contributed by atoms with E-state index in [4.69, 9.17) is 4.98 Å². The zero-order valence-electron chi connectivity index (χ0n) is 19.8. The minimum Gasteiger partial charge on any atom is -0.395 e. The smallest absolute Gasteiger partial charge is 0.276 e. The van der Waals surface area contributed by atoms with Crippen molar-refractivity contribution in [2.45, 2.75) is 45.7 Å². The van der Waals surface area contributed by atoms with Gasteiger partial charge in [0.1, 0.15) is 5.82 Å². The fraction of sp³-hybridized carbons (Fsp3) is 0.346. The van der Waals surface area contributed by atoms with Crippen LogP contribution >= 0.6 is 0 Å². The molecule has 3 aromatic heterocycles. The number of hydrogen-bond acceptors (Lipinski definition) is 6. The van der Waals surface area contributed by atoms with E-state index in [-0.39, 0.29) is 12.2 Å². The van der Waals surface area contributed by atoms with E-state index in [1.807, 2.05) is 49.7 Å². The van der Waals surface area contributed by atoms with Crippen LogP contribution in [0.1, 0.15) is 37.6 Å². The molecule has 0 spiro atoms. The first-order chi connectivity index (χ1) is 16.4. The van der Waals surface area contributed by atoms with Crippen molar-refractivity contribution < 1.29 is 5.11 Å². The highest BCUT2D eigenvalue weighted by Gasteiger charge is 2.23. The van der Waals surface area contributed by atoms with Gasteiger partial charge < -0.3 is 15.7 Å². The Balaban J connectivity index is 1.60. The molecule has 0 atom stereocenters. The predicted octanol–water partition coefficient (Wildman–Crippen LogP) is 3.26. The van der Waals surface area contributed by atoms with Crippen molar-refractivity contribution in [1.29, 1.82) is 0 Å². The lowest BCUT2D eigenvalue weighted by molar-refractivity contribution is 0.215. The molecule has 4 aromatic rings. The molecule has 8 nitrogen and oxygen atoms in total. The van der Waals surface area contributed by atoms with Crippen LogP contribution < -0.4 is 16.2 Å². The van der Waals surface area contributed by atoms with Crippen molar-refractivity contribution in [1.82, 2.24) is 24.6 Å². The molecule has 0 amide bonds. The molecule has 3 N–H and O–H groups in total. The molecule has 4 heterocycles. The minimum absolute atomic E-state index is 0.0225. The Morgan fingerprint density at radius 1 is 1.18 bits per heavy atom. The highest BCUT2D eigenvalue weighted by atomic mass is 16.3. The largest absolute Gasteiger partial charge is 0.395 e. The highest BCUT2D eigenvalue weighted by Crippen LogP contribution is 2.26. The number of aliphatic hydroxyl groups excluding tert-OH is 1. The number of pyridine rings is 2. The quantitative estimate of drug-likeness (QED) is 0.410. The van der Waals surface area contributed by atoms with Crippen LogP contribution in [-0.4, -0.2) is 37.6 Å². The lowest BCUT2D eigenvalue weighted by atomic mass is 9.90. The molecule has 5 rings (SSSR count). The molecule has 1 aromatic carbocycles. The summed E-state index contributed by atoms with van der Waals surface area (Å²) in [4.78, 5) is 22.5. The average molecular weight is 459 g/mol. The highest BCUT2D eigenvalue weighted by molar-refractivity contribution is 5.82. The van der Waals surface area contributed by atoms with Gasteiger partial charge in [-0.15, -0.1) is 0 Å². The number of nitrogens with one attached hydrogen (secondary N) is 2. The molecule has 8 heteroatoms. The maximum Gasteiger partial charge on any atom is 0.276 e. The van der Waals surface area contributed by atoms with Crippen molar-refractivity contribution in [3.63, 3.8) is 0 Å². The second kappa shape index (κ2) is 8.70. The van der Waals surface area contributed by atoms with Crippen LogP contribution in [0.2, 0.25) is 0 Å². The number of rotatable bonds is 6. The van der Waals surface area contributed by atoms with Crippen LogP contribution in [0, 0.1) is 0 Å². The summed E-state index contributed by atoms with van der Waals surface area (Å²) >= 11 is 0. The van der Waals surface area contributed by atoms with E-state index in [9.17, 15) is 9.90 Å². The Hall–Kier alpha value is -3.49. The fourth-order valence-electron chi connectivity index (χ4n) is 4.45. The third kappa shape index (κ3) is 3.89. The summed E-state index contributed by atoms with van der Waals surface area (Å²) < 4.78 is 3.51. The van der Waals surface area contributed by atoms with Gasteiger partial charge in [-0.1, -0.05) is 26.0 Å². The summed E-state index contributed by atoms with van der Waals surface area (Å²) in [6, 6.07) is 14.0. The van der Waals surface area contributed by atoms with E-state index in [2.05, 4.69) is 33.8 Å². The molecule has 176 valence electrons. The Labute approximate surface area is 198 Å². The van der Waals surface area contributed by atoms with Gasteiger partial charge in [-0.2, -0.15) is 0 Å². The van der Waals surface area contributed by atoms with Crippen molar-refractivity contribution in [2.75, 3.05) is 18.5 Å². The zero-order valence-corrected chi connectivity index (χ0v) is 19.8. The molecule has 0 saturated carbocycles. The number of benzene rings is 1. The maximum absolute atomic E-state index is 13.1. The van der Waals surface area contributed by atoms with E-state index in [0.29, 0.717) is 23.6 Å². The average Bonchev–Trinajstić information content (AvgIpc) is 3.14. The first-order valence-electron chi connectivity index (χ1n) is 11.7. The van der Waals surface area contributed by atoms with Crippen LogP contribution in [0.4, 0.5) is 11.5 Å². The zero-order chi connectivity index (χ0) is 23.9. The lowest BCUT2D eigenvalue weighted by Gasteiger charge is -2.22. The third-order valence-electron chi connectivity index (χ3n) is 6.52. The van der Waals surface area contributed by atoms with Crippen LogP contribution in [-0.2, 0) is 24.9 Å². The van der Waals surface area contributed by atoms with Crippen LogP contribution in [0.15, 0.2) is 53.5 Å². The van der Waals surface area contributed by atoms with E-state index in [1.165, 1.54) is 11.1 Å². The summed E-state index contributed by atoms with van der Waals surface area (Å²) in [5.74, 6) is 1.29. The Morgan fingerprint density at radius 3 is 2.82 bits per heavy atom. The number of nitrogens with zero attached hydrogens (tertiary/aromatic N) is 4. The van der Waals surface area contributed by atoms with Crippen molar-refractivity contribution in [3.8, 4) is 5.82 Å². The fourth-order valence-corrected chi connectivity index (χ4v) is 4.45. The van der Waals surface area contributed by atoms with E-state index < -0.39 is 5.41 Å². The van der Waals surface area contributed by atoms with Gasteiger partial charge in [0.15, 0.2) is 5.82 Å². The summed E-state index contributed by atoms with van der Waals surface area (Å²) in [6.45, 7) is 8.18. The topological polar surface area (TPSA) is 97.0 Å². The molecule has 0 fully saturated rings. The lowest BCUT2D eigenvalue weighted by Crippen LogP contribution is -2.25. The minimum atomic E-state index is -0.494. The summed E-state index contributed by atoms with van der Waals surface area (Å²) in [7, 11) is 0. The van der Waals surface area contributed by atoms with Gasteiger partial charge in [0.05, 0.1) is 23.2 Å². The molecule has 0 aliphatic carbocycles. The van der Waals surface area contributed by atoms with Gasteiger partial charge in [-0.05, 0) is 55.3 Å². The van der Waals surface area contributed by atoms with Crippen LogP contribution in [0.25, 0.3) is 16.7 Å². The molecule has 0 unspecified atom stereocenters. The predicted molar refractivity (Wildman–Crippen MR) is 134 cm³/mol. The van der Waals surface area contributed by atoms with Crippen LogP contribution in [0.3, 0.4) is 0 Å². The van der Waals surface area contributed by atoms with Gasteiger partial charge in [0.2, 0.25) is 0 Å². The monoisotopic (exact) mass is 458 g/mol. The normalized spacial score (nSPS) is 13.8. The number of hydrogen-bond donors (Lipinski definition) is 3. The Bertz CT molecular complexity index is 1420. The van der Waals surface area contributed by atoms with Gasteiger partial charge in [0.25, 0.3) is 5.56 Å². The summed E-state index contributed by atoms with van der Waals surface area (Å²) in [6.07, 6.45) is 2.63. The molecule has 1 aliphatic rings. The number of aliphatic hydroxyl groups is 1. The molecule has 0 saturated heterocycles. The van der Waals surface area contributed by atoms with Crippen molar-refractivity contribution in [3.05, 3.63) is 75.8 Å². The summed E-state index contributed by atoms with van der Waals surface area (Å²) in [5, 5.41) is 17.2. The van der Waals surface area contributed by atoms with E-state index in [1.54, 1.807) is 10.9 Å². The van der Waals surface area contributed by atoms with Gasteiger partial charge >= 0.3 is 0 Å². The SMILES string of the molecule is CCn1c(=O)c2cnc(Nc3ccc4c(c3)CCNC4)cc2n1-c1cccc(C(C)(C)CO)n1. The first kappa shape index (κ1) is 22.3. The van der Waals surface area contributed by atoms with Gasteiger partial charge in [-0.3, -0.25) is 4.79 Å². The van der Waals surface area contributed by atoms with Crippen molar-refractivity contribution >= 4 is 22.4 Å². The third-order valence-corrected chi connectivity index (χ3v) is 6.52. The van der Waals surface area contributed by atoms with Gasteiger partial charge in [-0.25, -0.2) is 19.3 Å². The Kier molecular flexibility index (Phi) is 5.71. The number of aromatic nitrogens is 4. The van der Waals surface area contributed by atoms with Gasteiger partial charge in [0, 0.05) is 36.5 Å². The van der Waals surface area contributed by atoms with Crippen LogP contribution in [0.5, 0.6) is 0 Å². The molecular weight excluding hydrogens is 428 g/mol. The molecule has 0 bridgehead atoms. The number of anilines is 2. The maximum atomic E-state index is 13.1. The van der Waals surface area contributed by atoms with E-state index in [0.717, 1.165) is 36.4 Å². The molecular formula is C26H30N6O2. The molecule has 34 heavy (non-hydrogen) atoms. The van der Waals surface area contributed by atoms with Crippen molar-refractivity contribution in [2.24, 2.45) is 0 Å². The molecule has 0 radical (unpaired) electrons. The summed E-state index contributed by atoms with van der Waals surface area (Å²) in [5.41, 5.74) is 4.54. The Morgan fingerprint density at radius 2 is 2.03 bits per heavy atom. The first-order valence-corrected chi connectivity index (χ1v) is 11.7. The molecule has 1 aliphatic heterocycles. The number of fused-ring (bicyclic) bond motifs is 2. The van der Waals surface area contributed by atoms with E-state index >= 15 is 0 Å². The standard InChI is InChI=1S/C26H30N6O2/c1-4-31-25(34)20-15-28-23(29-19-9-8-18-14-27-11-10-17(18)12-19)13-21(20)32(31)24-7-5-6-22(30-24)26(2,3)16-33/h5-9,12-13,15,27,33H,4,10-11,14,16H2,1-3H3,(H,28,29). The second-order valence-electron chi connectivity index (χ2n) is 9.38. The second-order valence-corrected chi connectivity index (χ2v) is 9.38.